The molecule has 0 amide bonds. The monoisotopic (exact) mass is 322 g/mol. The van der Waals surface area contributed by atoms with E-state index in [0.717, 1.165) is 36.7 Å². The Kier molecular flexibility index (Phi) is 3.13. The lowest BCUT2D eigenvalue weighted by molar-refractivity contribution is 0.280. The first-order valence-corrected chi connectivity index (χ1v) is 8.81. The molecule has 0 aromatic carbocycles. The Labute approximate surface area is 140 Å². The van der Waals surface area contributed by atoms with Crippen molar-refractivity contribution < 1.29 is 0 Å². The molecule has 0 bridgehead atoms. The highest BCUT2D eigenvalue weighted by Crippen LogP contribution is 2.38. The van der Waals surface area contributed by atoms with Gasteiger partial charge in [0.1, 0.15) is 11.5 Å². The van der Waals surface area contributed by atoms with Crippen molar-refractivity contribution in [2.45, 2.75) is 31.2 Å². The molecule has 2 aliphatic heterocycles. The van der Waals surface area contributed by atoms with Gasteiger partial charge in [0.25, 0.3) is 0 Å². The summed E-state index contributed by atoms with van der Waals surface area (Å²) in [5, 5.41) is 4.96. The standard InChI is InChI=1S/C18H22N6/c1-2-6-23-18(4-1)5-10-24(12-18)14-3-7-19-17-15(14)13(11-22-17)16-20-8-9-21-16/h3,7-9,11,23H,1-2,4-6,10,12H2,(H,19,22)(H,20,21)/t18-/m0/s1. The van der Waals surface area contributed by atoms with Gasteiger partial charge in [0.2, 0.25) is 0 Å². The molecule has 3 aromatic heterocycles. The molecular formula is C18H22N6. The van der Waals surface area contributed by atoms with Gasteiger partial charge in [-0.25, -0.2) is 9.97 Å². The van der Waals surface area contributed by atoms with Crippen LogP contribution in [0, 0.1) is 0 Å². The number of aromatic nitrogens is 4. The summed E-state index contributed by atoms with van der Waals surface area (Å²) in [7, 11) is 0. The van der Waals surface area contributed by atoms with E-state index in [9.17, 15) is 0 Å². The average molecular weight is 322 g/mol. The van der Waals surface area contributed by atoms with Crippen molar-refractivity contribution in [3.8, 4) is 11.4 Å². The van der Waals surface area contributed by atoms with Crippen molar-refractivity contribution in [1.82, 2.24) is 25.3 Å². The minimum Gasteiger partial charge on any atom is -0.369 e. The molecule has 0 saturated carbocycles. The summed E-state index contributed by atoms with van der Waals surface area (Å²) >= 11 is 0. The van der Waals surface area contributed by atoms with E-state index in [1.807, 2.05) is 18.6 Å². The lowest BCUT2D eigenvalue weighted by Gasteiger charge is -2.35. The van der Waals surface area contributed by atoms with Crippen LogP contribution in [0.25, 0.3) is 22.4 Å². The molecule has 5 rings (SSSR count). The Balaban J connectivity index is 1.56. The summed E-state index contributed by atoms with van der Waals surface area (Å²) in [6, 6.07) is 2.14. The van der Waals surface area contributed by atoms with E-state index in [-0.39, 0.29) is 0 Å². The maximum Gasteiger partial charge on any atom is 0.140 e. The van der Waals surface area contributed by atoms with Crippen LogP contribution >= 0.6 is 0 Å². The van der Waals surface area contributed by atoms with Gasteiger partial charge in [-0.1, -0.05) is 6.42 Å². The SMILES string of the molecule is c1c[nH]c(-c2c[nH]c3nccc(N4CC[C@@]5(CCCCN5)C4)c23)n1. The zero-order valence-corrected chi connectivity index (χ0v) is 13.7. The molecule has 2 saturated heterocycles. The molecule has 2 aliphatic rings. The number of hydrogen-bond acceptors (Lipinski definition) is 4. The molecule has 0 unspecified atom stereocenters. The Morgan fingerprint density at radius 3 is 2.92 bits per heavy atom. The van der Waals surface area contributed by atoms with Crippen molar-refractivity contribution in [2.75, 3.05) is 24.5 Å². The van der Waals surface area contributed by atoms with E-state index in [2.05, 4.69) is 36.2 Å². The van der Waals surface area contributed by atoms with Crippen molar-refractivity contribution in [3.05, 3.63) is 30.9 Å². The first kappa shape index (κ1) is 14.0. The van der Waals surface area contributed by atoms with Gasteiger partial charge >= 0.3 is 0 Å². The van der Waals surface area contributed by atoms with Gasteiger partial charge in [-0.15, -0.1) is 0 Å². The summed E-state index contributed by atoms with van der Waals surface area (Å²) in [5.74, 6) is 0.889. The molecular weight excluding hydrogens is 300 g/mol. The normalized spacial score (nSPS) is 24.2. The molecule has 6 heteroatoms. The van der Waals surface area contributed by atoms with Crippen LogP contribution in [0.2, 0.25) is 0 Å². The van der Waals surface area contributed by atoms with Gasteiger partial charge in [-0.05, 0) is 31.9 Å². The molecule has 5 heterocycles. The van der Waals surface area contributed by atoms with Crippen molar-refractivity contribution in [1.29, 1.82) is 0 Å². The second kappa shape index (κ2) is 5.34. The molecule has 124 valence electrons. The fraction of sp³-hybridized carbons (Fsp3) is 0.444. The topological polar surface area (TPSA) is 72.6 Å². The minimum absolute atomic E-state index is 0.301. The highest BCUT2D eigenvalue weighted by molar-refractivity contribution is 6.01. The van der Waals surface area contributed by atoms with Crippen molar-refractivity contribution in [3.63, 3.8) is 0 Å². The summed E-state index contributed by atoms with van der Waals surface area (Å²) in [6.07, 6.45) is 12.7. The number of H-pyrrole nitrogens is 2. The number of aromatic amines is 2. The minimum atomic E-state index is 0.301. The van der Waals surface area contributed by atoms with Crippen LogP contribution < -0.4 is 10.2 Å². The predicted octanol–water partition coefficient (Wildman–Crippen LogP) is 2.68. The van der Waals surface area contributed by atoms with Gasteiger partial charge < -0.3 is 20.2 Å². The zero-order chi connectivity index (χ0) is 16.0. The van der Waals surface area contributed by atoms with Crippen LogP contribution in [0.5, 0.6) is 0 Å². The maximum absolute atomic E-state index is 4.51. The Morgan fingerprint density at radius 1 is 1.08 bits per heavy atom. The quantitative estimate of drug-likeness (QED) is 0.678. The Bertz CT molecular complexity index is 844. The van der Waals surface area contributed by atoms with Crippen LogP contribution in [-0.2, 0) is 0 Å². The summed E-state index contributed by atoms with van der Waals surface area (Å²) < 4.78 is 0. The van der Waals surface area contributed by atoms with Gasteiger partial charge in [0.15, 0.2) is 0 Å². The van der Waals surface area contributed by atoms with E-state index in [0.29, 0.717) is 5.54 Å². The van der Waals surface area contributed by atoms with Crippen LogP contribution in [0.1, 0.15) is 25.7 Å². The van der Waals surface area contributed by atoms with E-state index in [4.69, 9.17) is 0 Å². The van der Waals surface area contributed by atoms with E-state index in [1.165, 1.54) is 36.8 Å². The smallest absolute Gasteiger partial charge is 0.140 e. The number of imidazole rings is 1. The predicted molar refractivity (Wildman–Crippen MR) is 95.1 cm³/mol. The summed E-state index contributed by atoms with van der Waals surface area (Å²) in [6.45, 7) is 3.32. The summed E-state index contributed by atoms with van der Waals surface area (Å²) in [5.41, 5.74) is 3.58. The van der Waals surface area contributed by atoms with Crippen molar-refractivity contribution >= 4 is 16.7 Å². The lowest BCUT2D eigenvalue weighted by Crippen LogP contribution is -2.50. The van der Waals surface area contributed by atoms with Gasteiger partial charge in [-0.2, -0.15) is 0 Å². The Hall–Kier alpha value is -2.34. The number of piperidine rings is 1. The third kappa shape index (κ3) is 2.13. The molecule has 24 heavy (non-hydrogen) atoms. The van der Waals surface area contributed by atoms with Crippen LogP contribution in [0.15, 0.2) is 30.9 Å². The second-order valence-electron chi connectivity index (χ2n) is 7.03. The molecule has 6 nitrogen and oxygen atoms in total. The molecule has 1 spiro atoms. The molecule has 0 aliphatic carbocycles. The Morgan fingerprint density at radius 2 is 2.08 bits per heavy atom. The zero-order valence-electron chi connectivity index (χ0n) is 13.7. The highest BCUT2D eigenvalue weighted by atomic mass is 15.2. The maximum atomic E-state index is 4.51. The fourth-order valence-electron chi connectivity index (χ4n) is 4.36. The molecule has 2 fully saturated rings. The number of nitrogens with zero attached hydrogens (tertiary/aromatic N) is 3. The number of fused-ring (bicyclic) bond motifs is 1. The van der Waals surface area contributed by atoms with Gasteiger partial charge in [0.05, 0.1) is 11.1 Å². The van der Waals surface area contributed by atoms with Crippen molar-refractivity contribution in [2.24, 2.45) is 0 Å². The number of nitrogens with one attached hydrogen (secondary N) is 3. The fourth-order valence-corrected chi connectivity index (χ4v) is 4.36. The third-order valence-corrected chi connectivity index (χ3v) is 5.58. The summed E-state index contributed by atoms with van der Waals surface area (Å²) in [4.78, 5) is 18.0. The molecule has 3 aromatic rings. The number of hydrogen-bond donors (Lipinski definition) is 3. The van der Waals surface area contributed by atoms with Gasteiger partial charge in [0, 0.05) is 49.0 Å². The number of pyridine rings is 1. The van der Waals surface area contributed by atoms with Crippen LogP contribution in [-0.4, -0.2) is 45.1 Å². The second-order valence-corrected chi connectivity index (χ2v) is 7.03. The first-order valence-electron chi connectivity index (χ1n) is 8.81. The van der Waals surface area contributed by atoms with Gasteiger partial charge in [-0.3, -0.25) is 0 Å². The first-order chi connectivity index (χ1) is 11.8. The van der Waals surface area contributed by atoms with E-state index < -0.39 is 0 Å². The molecule has 3 N–H and O–H groups in total. The van der Waals surface area contributed by atoms with E-state index in [1.54, 1.807) is 6.20 Å². The van der Waals surface area contributed by atoms with Crippen LogP contribution in [0.4, 0.5) is 5.69 Å². The number of rotatable bonds is 2. The third-order valence-electron chi connectivity index (χ3n) is 5.58. The van der Waals surface area contributed by atoms with Crippen LogP contribution in [0.3, 0.4) is 0 Å². The molecule has 1 atom stereocenters. The lowest BCUT2D eigenvalue weighted by atomic mass is 9.88. The largest absolute Gasteiger partial charge is 0.369 e. The van der Waals surface area contributed by atoms with E-state index >= 15 is 0 Å². The average Bonchev–Trinajstić information content (AvgIpc) is 3.34. The molecule has 0 radical (unpaired) electrons. The number of anilines is 1. The highest BCUT2D eigenvalue weighted by Gasteiger charge is 2.39.